The normalized spacial score (nSPS) is 10.3. The van der Waals surface area contributed by atoms with Gasteiger partial charge in [0.2, 0.25) is 0 Å². The Kier molecular flexibility index (Phi) is 2.24. The Morgan fingerprint density at radius 1 is 1.47 bits per heavy atom. The maximum Gasteiger partial charge on any atom is 0.181 e. The van der Waals surface area contributed by atoms with Gasteiger partial charge in [-0.3, -0.25) is 9.78 Å². The zero-order valence-corrected chi connectivity index (χ0v) is 7.88. The summed E-state index contributed by atoms with van der Waals surface area (Å²) >= 11 is 0. The van der Waals surface area contributed by atoms with Crippen LogP contribution in [0.1, 0.15) is 17.4 Å². The van der Waals surface area contributed by atoms with E-state index >= 15 is 0 Å². The van der Waals surface area contributed by atoms with Gasteiger partial charge < -0.3 is 0 Å². The number of hydrogen-bond donors (Lipinski definition) is 0. The van der Waals surface area contributed by atoms with E-state index in [1.807, 2.05) is 0 Å². The quantitative estimate of drug-likeness (QED) is 0.688. The zero-order valence-electron chi connectivity index (χ0n) is 7.88. The fraction of sp³-hybridized carbons (Fsp3) is 0.111. The molecule has 0 unspecified atom stereocenters. The van der Waals surface area contributed by atoms with E-state index in [2.05, 4.69) is 15.3 Å². The van der Waals surface area contributed by atoms with Crippen molar-refractivity contribution in [2.75, 3.05) is 0 Å². The first-order chi connectivity index (χ1) is 7.16. The van der Waals surface area contributed by atoms with Gasteiger partial charge in [-0.05, 0) is 0 Å². The van der Waals surface area contributed by atoms with E-state index in [1.165, 1.54) is 30.1 Å². The standard InChI is InChI=1S/C9H7FN4O/c1-6(15)9-5-14(13-12-9)8-2-7(10)3-11-4-8/h2-5H,1H3. The van der Waals surface area contributed by atoms with Gasteiger partial charge >= 0.3 is 0 Å². The topological polar surface area (TPSA) is 60.7 Å². The van der Waals surface area contributed by atoms with Crippen molar-refractivity contribution < 1.29 is 9.18 Å². The van der Waals surface area contributed by atoms with Crippen LogP contribution in [0.25, 0.3) is 5.69 Å². The van der Waals surface area contributed by atoms with Gasteiger partial charge in [0.15, 0.2) is 5.78 Å². The molecule has 0 aliphatic heterocycles. The predicted molar refractivity (Wildman–Crippen MR) is 49.1 cm³/mol. The van der Waals surface area contributed by atoms with E-state index < -0.39 is 5.82 Å². The van der Waals surface area contributed by atoms with Gasteiger partial charge in [0.25, 0.3) is 0 Å². The van der Waals surface area contributed by atoms with Crippen LogP contribution in [0.2, 0.25) is 0 Å². The summed E-state index contributed by atoms with van der Waals surface area (Å²) in [5, 5.41) is 7.32. The number of nitrogens with zero attached hydrogens (tertiary/aromatic N) is 4. The number of pyridine rings is 1. The number of Topliss-reactive ketones (excluding diaryl/α,β-unsaturated/α-hetero) is 1. The molecule has 0 bridgehead atoms. The first-order valence-corrected chi connectivity index (χ1v) is 4.21. The summed E-state index contributed by atoms with van der Waals surface area (Å²) in [6, 6.07) is 1.26. The molecule has 2 heterocycles. The third kappa shape index (κ3) is 1.88. The van der Waals surface area contributed by atoms with Crippen molar-refractivity contribution in [3.63, 3.8) is 0 Å². The molecular weight excluding hydrogens is 199 g/mol. The molecule has 15 heavy (non-hydrogen) atoms. The van der Waals surface area contributed by atoms with Crippen molar-refractivity contribution in [1.29, 1.82) is 0 Å². The Hall–Kier alpha value is -2.11. The first kappa shape index (κ1) is 9.45. The van der Waals surface area contributed by atoms with Crippen molar-refractivity contribution in [3.8, 4) is 5.69 Å². The van der Waals surface area contributed by atoms with Crippen LogP contribution in [0.15, 0.2) is 24.7 Å². The number of carbonyl (C=O) groups is 1. The van der Waals surface area contributed by atoms with Crippen LogP contribution < -0.4 is 0 Å². The summed E-state index contributed by atoms with van der Waals surface area (Å²) < 4.78 is 14.1. The van der Waals surface area contributed by atoms with E-state index in [4.69, 9.17) is 0 Å². The molecule has 76 valence electrons. The van der Waals surface area contributed by atoms with E-state index in [1.54, 1.807) is 0 Å². The van der Waals surface area contributed by atoms with E-state index in [0.29, 0.717) is 5.69 Å². The van der Waals surface area contributed by atoms with Crippen LogP contribution in [-0.4, -0.2) is 25.8 Å². The Balaban J connectivity index is 2.41. The van der Waals surface area contributed by atoms with Gasteiger partial charge in [0.1, 0.15) is 11.5 Å². The molecule has 2 rings (SSSR count). The van der Waals surface area contributed by atoms with Crippen LogP contribution in [0.4, 0.5) is 4.39 Å². The molecule has 0 aromatic carbocycles. The Morgan fingerprint density at radius 2 is 2.27 bits per heavy atom. The molecule has 0 N–H and O–H groups in total. The smallest absolute Gasteiger partial charge is 0.181 e. The monoisotopic (exact) mass is 206 g/mol. The molecule has 0 saturated carbocycles. The molecule has 0 spiro atoms. The second-order valence-corrected chi connectivity index (χ2v) is 2.97. The molecule has 2 aromatic heterocycles. The summed E-state index contributed by atoms with van der Waals surface area (Å²) in [7, 11) is 0. The average Bonchev–Trinajstić information content (AvgIpc) is 2.66. The lowest BCUT2D eigenvalue weighted by Crippen LogP contribution is -1.96. The highest BCUT2D eigenvalue weighted by Crippen LogP contribution is 2.06. The molecule has 0 amide bonds. The molecule has 0 aliphatic rings. The van der Waals surface area contributed by atoms with Gasteiger partial charge in [-0.2, -0.15) is 0 Å². The fourth-order valence-corrected chi connectivity index (χ4v) is 1.08. The summed E-state index contributed by atoms with van der Waals surface area (Å²) in [6.45, 7) is 1.39. The maximum atomic E-state index is 12.8. The second-order valence-electron chi connectivity index (χ2n) is 2.97. The Bertz CT molecular complexity index is 508. The summed E-state index contributed by atoms with van der Waals surface area (Å²) in [5.41, 5.74) is 0.661. The summed E-state index contributed by atoms with van der Waals surface area (Å²) in [6.07, 6.45) is 3.95. The van der Waals surface area contributed by atoms with E-state index in [0.717, 1.165) is 6.20 Å². The number of halogens is 1. The highest BCUT2D eigenvalue weighted by molar-refractivity contribution is 5.91. The van der Waals surface area contributed by atoms with Crippen molar-refractivity contribution in [2.45, 2.75) is 6.92 Å². The highest BCUT2D eigenvalue weighted by atomic mass is 19.1. The van der Waals surface area contributed by atoms with E-state index in [9.17, 15) is 9.18 Å². The van der Waals surface area contributed by atoms with Crippen LogP contribution in [-0.2, 0) is 0 Å². The van der Waals surface area contributed by atoms with Crippen molar-refractivity contribution in [2.24, 2.45) is 0 Å². The third-order valence-electron chi connectivity index (χ3n) is 1.81. The van der Waals surface area contributed by atoms with Crippen molar-refractivity contribution in [3.05, 3.63) is 36.2 Å². The minimum atomic E-state index is -0.465. The molecule has 0 radical (unpaired) electrons. The second kappa shape index (κ2) is 3.56. The summed E-state index contributed by atoms with van der Waals surface area (Å²) in [4.78, 5) is 14.6. The van der Waals surface area contributed by atoms with Gasteiger partial charge in [0.05, 0.1) is 24.3 Å². The third-order valence-corrected chi connectivity index (χ3v) is 1.81. The van der Waals surface area contributed by atoms with Crippen LogP contribution in [0.3, 0.4) is 0 Å². The molecule has 6 heteroatoms. The van der Waals surface area contributed by atoms with Crippen molar-refractivity contribution in [1.82, 2.24) is 20.0 Å². The van der Waals surface area contributed by atoms with Crippen LogP contribution in [0, 0.1) is 5.82 Å². The van der Waals surface area contributed by atoms with Crippen LogP contribution >= 0.6 is 0 Å². The number of carbonyl (C=O) groups excluding carboxylic acids is 1. The molecule has 0 saturated heterocycles. The minimum Gasteiger partial charge on any atom is -0.293 e. The van der Waals surface area contributed by atoms with Crippen LogP contribution in [0.5, 0.6) is 0 Å². The predicted octanol–water partition coefficient (Wildman–Crippen LogP) is 1.00. The van der Waals surface area contributed by atoms with Gasteiger partial charge in [-0.1, -0.05) is 5.21 Å². The Morgan fingerprint density at radius 3 is 2.87 bits per heavy atom. The average molecular weight is 206 g/mol. The minimum absolute atomic E-state index is 0.189. The van der Waals surface area contributed by atoms with Gasteiger partial charge in [-0.25, -0.2) is 9.07 Å². The molecule has 5 nitrogen and oxygen atoms in total. The molecule has 2 aromatic rings. The SMILES string of the molecule is CC(=O)c1cn(-c2cncc(F)c2)nn1. The van der Waals surface area contributed by atoms with Gasteiger partial charge in [-0.15, -0.1) is 5.10 Å². The molecular formula is C9H7FN4O. The largest absolute Gasteiger partial charge is 0.293 e. The lowest BCUT2D eigenvalue weighted by molar-refractivity contribution is 0.101. The van der Waals surface area contributed by atoms with E-state index in [-0.39, 0.29) is 11.5 Å². The van der Waals surface area contributed by atoms with Gasteiger partial charge in [0, 0.05) is 13.0 Å². The lowest BCUT2D eigenvalue weighted by Gasteiger charge is -1.97. The number of rotatable bonds is 2. The molecule has 0 fully saturated rings. The molecule has 0 aliphatic carbocycles. The number of hydrogen-bond acceptors (Lipinski definition) is 4. The fourth-order valence-electron chi connectivity index (χ4n) is 1.08. The highest BCUT2D eigenvalue weighted by Gasteiger charge is 2.07. The first-order valence-electron chi connectivity index (χ1n) is 4.21. The lowest BCUT2D eigenvalue weighted by atomic mass is 10.3. The summed E-state index contributed by atoms with van der Waals surface area (Å²) in [5.74, 6) is -0.655. The number of aromatic nitrogens is 4. The number of ketones is 1. The zero-order chi connectivity index (χ0) is 10.8. The Labute approximate surface area is 84.6 Å². The maximum absolute atomic E-state index is 12.8. The van der Waals surface area contributed by atoms with Crippen molar-refractivity contribution >= 4 is 5.78 Å². The molecule has 0 atom stereocenters.